The van der Waals surface area contributed by atoms with Crippen LogP contribution >= 0.6 is 0 Å². The van der Waals surface area contributed by atoms with Gasteiger partial charge in [-0.05, 0) is 56.3 Å². The molecule has 0 spiro atoms. The van der Waals surface area contributed by atoms with Crippen molar-refractivity contribution in [3.8, 4) is 0 Å². The molecule has 0 amide bonds. The largest absolute Gasteiger partial charge is 0.396 e. The third-order valence-corrected chi connectivity index (χ3v) is 5.42. The second kappa shape index (κ2) is 5.27. The molecule has 0 unspecified atom stereocenters. The van der Waals surface area contributed by atoms with Gasteiger partial charge in [-0.1, -0.05) is 12.8 Å². The lowest BCUT2D eigenvalue weighted by Crippen LogP contribution is -2.50. The van der Waals surface area contributed by atoms with Gasteiger partial charge in [0.15, 0.2) is 0 Å². The highest BCUT2D eigenvalue weighted by molar-refractivity contribution is 4.90. The van der Waals surface area contributed by atoms with Gasteiger partial charge in [-0.3, -0.25) is 4.90 Å². The Morgan fingerprint density at radius 2 is 1.35 bits per heavy atom. The molecule has 3 fully saturated rings. The van der Waals surface area contributed by atoms with Gasteiger partial charge in [0.2, 0.25) is 0 Å². The smallest absolute Gasteiger partial charge is 0.0460 e. The number of nitrogens with zero attached hydrogens (tertiary/aromatic N) is 1. The van der Waals surface area contributed by atoms with E-state index >= 15 is 0 Å². The second-order valence-corrected chi connectivity index (χ2v) is 6.72. The molecule has 0 aromatic rings. The Labute approximate surface area is 105 Å². The molecular formula is C15H27NO. The van der Waals surface area contributed by atoms with E-state index in [1.54, 1.807) is 0 Å². The zero-order chi connectivity index (χ0) is 11.7. The first-order valence-electron chi connectivity index (χ1n) is 7.70. The normalized spacial score (nSPS) is 34.2. The van der Waals surface area contributed by atoms with Crippen molar-refractivity contribution in [2.24, 2.45) is 17.8 Å². The Balaban J connectivity index is 1.48. The molecule has 17 heavy (non-hydrogen) atoms. The molecule has 98 valence electrons. The molecule has 3 aliphatic rings. The van der Waals surface area contributed by atoms with Gasteiger partial charge in [0, 0.05) is 25.7 Å². The summed E-state index contributed by atoms with van der Waals surface area (Å²) in [7, 11) is 0. The maximum Gasteiger partial charge on any atom is 0.0460 e. The van der Waals surface area contributed by atoms with Gasteiger partial charge in [0.1, 0.15) is 0 Å². The second-order valence-electron chi connectivity index (χ2n) is 6.72. The summed E-state index contributed by atoms with van der Waals surface area (Å²) in [4.78, 5) is 2.79. The summed E-state index contributed by atoms with van der Waals surface area (Å²) >= 11 is 0. The first kappa shape index (κ1) is 12.0. The predicted octanol–water partition coefficient (Wildman–Crippen LogP) is 2.66. The van der Waals surface area contributed by atoms with Gasteiger partial charge in [0.05, 0.1) is 0 Å². The minimum Gasteiger partial charge on any atom is -0.396 e. The summed E-state index contributed by atoms with van der Waals surface area (Å²) in [6.07, 6.45) is 11.3. The molecule has 1 N–H and O–H groups in total. The maximum atomic E-state index is 9.15. The van der Waals surface area contributed by atoms with Crippen molar-refractivity contribution in [1.82, 2.24) is 4.90 Å². The van der Waals surface area contributed by atoms with E-state index in [2.05, 4.69) is 4.90 Å². The number of hydrogen-bond donors (Lipinski definition) is 1. The van der Waals surface area contributed by atoms with Crippen LogP contribution in [-0.2, 0) is 0 Å². The van der Waals surface area contributed by atoms with Crippen molar-refractivity contribution in [2.45, 2.75) is 57.4 Å². The molecule has 3 aliphatic carbocycles. The SMILES string of the molecule is OCC1CC(N(CC2CCC2)CC2CCC2)C1. The molecule has 0 radical (unpaired) electrons. The summed E-state index contributed by atoms with van der Waals surface area (Å²) in [6, 6.07) is 0.813. The fraction of sp³-hybridized carbons (Fsp3) is 1.00. The summed E-state index contributed by atoms with van der Waals surface area (Å²) < 4.78 is 0. The van der Waals surface area contributed by atoms with Gasteiger partial charge < -0.3 is 5.11 Å². The number of rotatable bonds is 6. The van der Waals surface area contributed by atoms with E-state index in [1.807, 2.05) is 0 Å². The third-order valence-electron chi connectivity index (χ3n) is 5.42. The molecule has 0 aliphatic heterocycles. The van der Waals surface area contributed by atoms with Gasteiger partial charge in [0.25, 0.3) is 0 Å². The summed E-state index contributed by atoms with van der Waals surface area (Å²) in [5.74, 6) is 2.62. The highest BCUT2D eigenvalue weighted by Gasteiger charge is 2.36. The Morgan fingerprint density at radius 3 is 1.71 bits per heavy atom. The first-order chi connectivity index (χ1) is 8.35. The quantitative estimate of drug-likeness (QED) is 0.767. The molecular weight excluding hydrogens is 210 g/mol. The molecule has 0 bridgehead atoms. The van der Waals surface area contributed by atoms with Crippen LogP contribution < -0.4 is 0 Å². The monoisotopic (exact) mass is 237 g/mol. The lowest BCUT2D eigenvalue weighted by atomic mass is 9.76. The maximum absolute atomic E-state index is 9.15. The lowest BCUT2D eigenvalue weighted by Gasteiger charge is -2.47. The number of aliphatic hydroxyl groups excluding tert-OH is 1. The van der Waals surface area contributed by atoms with Crippen LogP contribution in [0.2, 0.25) is 0 Å². The van der Waals surface area contributed by atoms with E-state index in [1.165, 1.54) is 64.5 Å². The molecule has 0 aromatic heterocycles. The van der Waals surface area contributed by atoms with Gasteiger partial charge in [-0.2, -0.15) is 0 Å². The van der Waals surface area contributed by atoms with Gasteiger partial charge >= 0.3 is 0 Å². The van der Waals surface area contributed by atoms with Crippen LogP contribution in [0.4, 0.5) is 0 Å². The Kier molecular flexibility index (Phi) is 3.72. The third kappa shape index (κ3) is 2.68. The average Bonchev–Trinajstić information content (AvgIpc) is 2.13. The molecule has 2 heteroatoms. The van der Waals surface area contributed by atoms with Crippen LogP contribution in [0.3, 0.4) is 0 Å². The Bertz CT molecular complexity index is 225. The first-order valence-corrected chi connectivity index (χ1v) is 7.70. The highest BCUT2D eigenvalue weighted by atomic mass is 16.3. The highest BCUT2D eigenvalue weighted by Crippen LogP contribution is 2.37. The van der Waals surface area contributed by atoms with Crippen molar-refractivity contribution in [3.63, 3.8) is 0 Å². The minimum atomic E-state index is 0.414. The van der Waals surface area contributed by atoms with Gasteiger partial charge in [-0.25, -0.2) is 0 Å². The predicted molar refractivity (Wildman–Crippen MR) is 69.9 cm³/mol. The lowest BCUT2D eigenvalue weighted by molar-refractivity contribution is 0.0103. The van der Waals surface area contributed by atoms with E-state index in [0.717, 1.165) is 17.9 Å². The molecule has 0 aromatic carbocycles. The average molecular weight is 237 g/mol. The number of aliphatic hydroxyl groups is 1. The number of hydrogen-bond acceptors (Lipinski definition) is 2. The van der Waals surface area contributed by atoms with Crippen molar-refractivity contribution in [3.05, 3.63) is 0 Å². The van der Waals surface area contributed by atoms with Crippen LogP contribution in [0, 0.1) is 17.8 Å². The van der Waals surface area contributed by atoms with Crippen LogP contribution in [-0.4, -0.2) is 35.7 Å². The summed E-state index contributed by atoms with van der Waals surface area (Å²) in [5, 5.41) is 9.15. The standard InChI is InChI=1S/C15H27NO/c17-11-14-7-15(8-14)16(9-12-3-1-4-12)10-13-5-2-6-13/h12-15,17H,1-11H2. The van der Waals surface area contributed by atoms with E-state index in [-0.39, 0.29) is 0 Å². The van der Waals surface area contributed by atoms with Crippen molar-refractivity contribution >= 4 is 0 Å². The molecule has 0 heterocycles. The molecule has 3 rings (SSSR count). The fourth-order valence-electron chi connectivity index (χ4n) is 3.53. The van der Waals surface area contributed by atoms with Crippen molar-refractivity contribution < 1.29 is 5.11 Å². The van der Waals surface area contributed by atoms with Gasteiger partial charge in [-0.15, -0.1) is 0 Å². The van der Waals surface area contributed by atoms with Crippen LogP contribution in [0.1, 0.15) is 51.4 Å². The van der Waals surface area contributed by atoms with Crippen molar-refractivity contribution in [2.75, 3.05) is 19.7 Å². The topological polar surface area (TPSA) is 23.5 Å². The fourth-order valence-corrected chi connectivity index (χ4v) is 3.53. The molecule has 3 saturated carbocycles. The molecule has 0 atom stereocenters. The Morgan fingerprint density at radius 1 is 0.824 bits per heavy atom. The minimum absolute atomic E-state index is 0.414. The molecule has 2 nitrogen and oxygen atoms in total. The zero-order valence-corrected chi connectivity index (χ0v) is 11.0. The summed E-state index contributed by atoms with van der Waals surface area (Å²) in [5.41, 5.74) is 0. The van der Waals surface area contributed by atoms with Crippen LogP contribution in [0.15, 0.2) is 0 Å². The summed E-state index contributed by atoms with van der Waals surface area (Å²) in [6.45, 7) is 3.13. The Hall–Kier alpha value is -0.0800. The molecule has 0 saturated heterocycles. The van der Waals surface area contributed by atoms with Crippen LogP contribution in [0.25, 0.3) is 0 Å². The van der Waals surface area contributed by atoms with E-state index < -0.39 is 0 Å². The van der Waals surface area contributed by atoms with E-state index in [9.17, 15) is 0 Å². The van der Waals surface area contributed by atoms with E-state index in [4.69, 9.17) is 5.11 Å². The van der Waals surface area contributed by atoms with E-state index in [0.29, 0.717) is 12.5 Å². The zero-order valence-electron chi connectivity index (χ0n) is 11.0. The van der Waals surface area contributed by atoms with Crippen molar-refractivity contribution in [1.29, 1.82) is 0 Å². The van der Waals surface area contributed by atoms with Crippen LogP contribution in [0.5, 0.6) is 0 Å².